The minimum absolute atomic E-state index is 0.421. The Bertz CT molecular complexity index is 635. The average Bonchev–Trinajstić information content (AvgIpc) is 3.08. The molecule has 25 heavy (non-hydrogen) atoms. The lowest BCUT2D eigenvalue weighted by atomic mass is 10.2. The average molecular weight is 354 g/mol. The Morgan fingerprint density at radius 1 is 1.08 bits per heavy atom. The van der Waals surface area contributed by atoms with Crippen LogP contribution in [0.1, 0.15) is 19.8 Å². The Hall–Kier alpha value is -1.70. The minimum atomic E-state index is -0.421. The molecular formula is C21H27N2OP. The molecule has 0 radical (unpaired) electrons. The van der Waals surface area contributed by atoms with Crippen LogP contribution in [0.5, 0.6) is 0 Å². The van der Waals surface area contributed by atoms with E-state index >= 15 is 0 Å². The van der Waals surface area contributed by atoms with Gasteiger partial charge in [-0.25, -0.2) is 0 Å². The molecule has 1 fully saturated rings. The van der Waals surface area contributed by atoms with Gasteiger partial charge in [-0.1, -0.05) is 60.7 Å². The first-order valence-corrected chi connectivity index (χ1v) is 10.5. The largest absolute Gasteiger partial charge is 0.382 e. The van der Waals surface area contributed by atoms with E-state index in [-0.39, 0.29) is 0 Å². The predicted molar refractivity (Wildman–Crippen MR) is 109 cm³/mol. The zero-order valence-electron chi connectivity index (χ0n) is 15.1. The van der Waals surface area contributed by atoms with E-state index in [1.807, 2.05) is 0 Å². The number of hydrogen-bond donors (Lipinski definition) is 0. The number of hydrogen-bond acceptors (Lipinski definition) is 3. The van der Waals surface area contributed by atoms with E-state index in [9.17, 15) is 0 Å². The fourth-order valence-corrected chi connectivity index (χ4v) is 5.59. The van der Waals surface area contributed by atoms with E-state index in [4.69, 9.17) is 9.84 Å². The van der Waals surface area contributed by atoms with Crippen LogP contribution >= 0.6 is 7.92 Å². The Labute approximate surface area is 152 Å². The summed E-state index contributed by atoms with van der Waals surface area (Å²) in [4.78, 5) is 0. The molecular weight excluding hydrogens is 327 g/mol. The third kappa shape index (κ3) is 4.90. The van der Waals surface area contributed by atoms with Crippen molar-refractivity contribution in [3.63, 3.8) is 0 Å². The second-order valence-electron chi connectivity index (χ2n) is 6.51. The molecule has 1 heterocycles. The van der Waals surface area contributed by atoms with Crippen LogP contribution in [-0.2, 0) is 4.74 Å². The highest BCUT2D eigenvalue weighted by Crippen LogP contribution is 2.33. The van der Waals surface area contributed by atoms with Crippen molar-refractivity contribution in [1.29, 1.82) is 0 Å². The monoisotopic (exact) mass is 354 g/mol. The quantitative estimate of drug-likeness (QED) is 0.561. The van der Waals surface area contributed by atoms with Crippen LogP contribution < -0.4 is 10.6 Å². The van der Waals surface area contributed by atoms with Crippen molar-refractivity contribution < 1.29 is 4.74 Å². The molecule has 0 bridgehead atoms. The van der Waals surface area contributed by atoms with Crippen molar-refractivity contribution in [2.75, 3.05) is 26.4 Å². The highest BCUT2D eigenvalue weighted by atomic mass is 31.1. The number of hydrazone groups is 1. The van der Waals surface area contributed by atoms with Crippen LogP contribution in [-0.4, -0.2) is 43.2 Å². The number of ether oxygens (including phenoxy) is 1. The van der Waals surface area contributed by atoms with Crippen molar-refractivity contribution in [2.45, 2.75) is 25.8 Å². The Kier molecular flexibility index (Phi) is 6.61. The molecule has 4 heteroatoms. The van der Waals surface area contributed by atoms with E-state index in [1.165, 1.54) is 29.2 Å². The van der Waals surface area contributed by atoms with E-state index < -0.39 is 7.92 Å². The molecule has 0 amide bonds. The van der Waals surface area contributed by atoms with Gasteiger partial charge in [-0.15, -0.1) is 0 Å². The number of methoxy groups -OCH3 is 1. The third-order valence-electron chi connectivity index (χ3n) is 4.53. The lowest BCUT2D eigenvalue weighted by Crippen LogP contribution is -2.30. The van der Waals surface area contributed by atoms with E-state index in [0.29, 0.717) is 6.04 Å². The van der Waals surface area contributed by atoms with Crippen LogP contribution in [0.25, 0.3) is 0 Å². The van der Waals surface area contributed by atoms with Gasteiger partial charge in [0.1, 0.15) is 0 Å². The molecule has 132 valence electrons. The van der Waals surface area contributed by atoms with Gasteiger partial charge in [-0.2, -0.15) is 5.10 Å². The maximum absolute atomic E-state index is 5.35. The predicted octanol–water partition coefficient (Wildman–Crippen LogP) is 3.61. The summed E-state index contributed by atoms with van der Waals surface area (Å²) in [5, 5.41) is 10.0. The summed E-state index contributed by atoms with van der Waals surface area (Å²) < 4.78 is 5.35. The molecule has 0 saturated carbocycles. The molecule has 3 rings (SSSR count). The second kappa shape index (κ2) is 9.12. The van der Waals surface area contributed by atoms with Crippen LogP contribution in [0, 0.1) is 0 Å². The Morgan fingerprint density at radius 3 is 2.24 bits per heavy atom. The van der Waals surface area contributed by atoms with Crippen molar-refractivity contribution in [2.24, 2.45) is 5.10 Å². The summed E-state index contributed by atoms with van der Waals surface area (Å²) in [7, 11) is 1.35. The van der Waals surface area contributed by atoms with E-state index in [0.717, 1.165) is 19.3 Å². The molecule has 1 atom stereocenters. The highest BCUT2D eigenvalue weighted by molar-refractivity contribution is 7.73. The number of nitrogens with zero attached hydrogens (tertiary/aromatic N) is 2. The Balaban J connectivity index is 1.79. The molecule has 1 aliphatic rings. The van der Waals surface area contributed by atoms with Gasteiger partial charge in [-0.3, -0.25) is 5.01 Å². The second-order valence-corrected chi connectivity index (χ2v) is 8.71. The molecule has 2 aromatic carbocycles. The SMILES string of the molecule is COC[C@H]1CCCN1/N=C(\C)CP(c1ccccc1)c1ccccc1. The van der Waals surface area contributed by atoms with Crippen molar-refractivity contribution >= 4 is 24.2 Å². The maximum atomic E-state index is 5.35. The number of rotatable bonds is 7. The molecule has 0 N–H and O–H groups in total. The topological polar surface area (TPSA) is 24.8 Å². The van der Waals surface area contributed by atoms with E-state index in [1.54, 1.807) is 7.11 Å². The first-order chi connectivity index (χ1) is 12.3. The summed E-state index contributed by atoms with van der Waals surface area (Å²) in [6, 6.07) is 22.1. The fraction of sp³-hybridized carbons (Fsp3) is 0.381. The highest BCUT2D eigenvalue weighted by Gasteiger charge is 2.23. The van der Waals surface area contributed by atoms with Gasteiger partial charge in [0.15, 0.2) is 0 Å². The fourth-order valence-electron chi connectivity index (χ4n) is 3.34. The van der Waals surface area contributed by atoms with Gasteiger partial charge in [-0.05, 0) is 38.3 Å². The van der Waals surface area contributed by atoms with Crippen LogP contribution in [0.15, 0.2) is 65.8 Å². The summed E-state index contributed by atoms with van der Waals surface area (Å²) in [6.07, 6.45) is 3.38. The molecule has 0 aromatic heterocycles. The summed E-state index contributed by atoms with van der Waals surface area (Å²) in [5.41, 5.74) is 1.21. The molecule has 2 aromatic rings. The summed E-state index contributed by atoms with van der Waals surface area (Å²) in [6.45, 7) is 3.98. The van der Waals surface area contributed by atoms with Gasteiger partial charge >= 0.3 is 0 Å². The molecule has 1 saturated heterocycles. The first-order valence-electron chi connectivity index (χ1n) is 8.95. The van der Waals surface area contributed by atoms with E-state index in [2.05, 4.69) is 72.6 Å². The minimum Gasteiger partial charge on any atom is -0.382 e. The smallest absolute Gasteiger partial charge is 0.0704 e. The van der Waals surface area contributed by atoms with Crippen LogP contribution in [0.3, 0.4) is 0 Å². The third-order valence-corrected chi connectivity index (χ3v) is 7.14. The standard InChI is InChI=1S/C21H27N2OP/c1-18(22-23-15-9-10-19(23)16-24-2)17-25(20-11-5-3-6-12-20)21-13-7-4-8-14-21/h3-8,11-14,19H,9-10,15-17H2,1-2H3/b22-18+/t19-/m1/s1. The van der Waals surface area contributed by atoms with Crippen molar-refractivity contribution in [3.05, 3.63) is 60.7 Å². The van der Waals surface area contributed by atoms with Gasteiger partial charge in [0.25, 0.3) is 0 Å². The van der Waals surface area contributed by atoms with Gasteiger partial charge in [0.2, 0.25) is 0 Å². The maximum Gasteiger partial charge on any atom is 0.0704 e. The molecule has 0 aliphatic carbocycles. The normalized spacial score (nSPS) is 18.1. The van der Waals surface area contributed by atoms with Gasteiger partial charge in [0.05, 0.1) is 12.6 Å². The van der Waals surface area contributed by atoms with Crippen LogP contribution in [0.2, 0.25) is 0 Å². The summed E-state index contributed by atoms with van der Waals surface area (Å²) >= 11 is 0. The van der Waals surface area contributed by atoms with Crippen molar-refractivity contribution in [1.82, 2.24) is 5.01 Å². The van der Waals surface area contributed by atoms with Gasteiger partial charge < -0.3 is 4.74 Å². The van der Waals surface area contributed by atoms with Gasteiger partial charge in [0, 0.05) is 25.5 Å². The first kappa shape index (κ1) is 18.1. The molecule has 3 nitrogen and oxygen atoms in total. The molecule has 0 unspecified atom stereocenters. The lowest BCUT2D eigenvalue weighted by molar-refractivity contribution is 0.118. The Morgan fingerprint density at radius 2 is 1.68 bits per heavy atom. The lowest BCUT2D eigenvalue weighted by Gasteiger charge is -2.23. The number of benzene rings is 2. The summed E-state index contributed by atoms with van der Waals surface area (Å²) in [5.74, 6) is 0. The molecule has 1 aliphatic heterocycles. The molecule has 0 spiro atoms. The van der Waals surface area contributed by atoms with Crippen LogP contribution in [0.4, 0.5) is 0 Å². The zero-order valence-corrected chi connectivity index (χ0v) is 16.0. The van der Waals surface area contributed by atoms with Crippen molar-refractivity contribution in [3.8, 4) is 0 Å². The zero-order chi connectivity index (χ0) is 17.5.